The first kappa shape index (κ1) is 19.8. The van der Waals surface area contributed by atoms with Crippen molar-refractivity contribution < 1.29 is 4.74 Å². The van der Waals surface area contributed by atoms with Gasteiger partial charge >= 0.3 is 0 Å². The van der Waals surface area contributed by atoms with E-state index in [9.17, 15) is 0 Å². The SMILES string of the molecule is CCNC(=NCc1ccccc1OC(C)(C)C)NCc1nnc(C)n1C. The summed E-state index contributed by atoms with van der Waals surface area (Å²) in [5.74, 6) is 3.35. The van der Waals surface area contributed by atoms with Gasteiger partial charge in [-0.15, -0.1) is 10.2 Å². The van der Waals surface area contributed by atoms with Gasteiger partial charge in [-0.25, -0.2) is 4.99 Å². The summed E-state index contributed by atoms with van der Waals surface area (Å²) in [7, 11) is 1.95. The normalized spacial score (nSPS) is 12.2. The molecule has 0 spiro atoms. The lowest BCUT2D eigenvalue weighted by Crippen LogP contribution is -2.37. The Morgan fingerprint density at radius 3 is 2.54 bits per heavy atom. The van der Waals surface area contributed by atoms with Crippen molar-refractivity contribution in [3.05, 3.63) is 41.5 Å². The number of aromatic nitrogens is 3. The highest BCUT2D eigenvalue weighted by molar-refractivity contribution is 5.79. The van der Waals surface area contributed by atoms with Crippen LogP contribution in [0.5, 0.6) is 5.75 Å². The predicted molar refractivity (Wildman–Crippen MR) is 104 cm³/mol. The Morgan fingerprint density at radius 1 is 1.19 bits per heavy atom. The highest BCUT2D eigenvalue weighted by Crippen LogP contribution is 2.23. The number of aliphatic imine (C=N–C) groups is 1. The lowest BCUT2D eigenvalue weighted by Gasteiger charge is -2.23. The Bertz CT molecular complexity index is 745. The summed E-state index contributed by atoms with van der Waals surface area (Å²) < 4.78 is 8.00. The molecule has 7 heteroatoms. The molecule has 0 atom stereocenters. The monoisotopic (exact) mass is 358 g/mol. The molecule has 1 aromatic carbocycles. The number of guanidine groups is 1. The van der Waals surface area contributed by atoms with E-state index in [-0.39, 0.29) is 5.60 Å². The Labute approximate surface area is 155 Å². The zero-order chi connectivity index (χ0) is 19.2. The van der Waals surface area contributed by atoms with Gasteiger partial charge in [0.05, 0.1) is 13.1 Å². The maximum absolute atomic E-state index is 6.04. The fraction of sp³-hybridized carbons (Fsp3) is 0.526. The Kier molecular flexibility index (Phi) is 6.60. The number of ether oxygens (including phenoxy) is 1. The fourth-order valence-electron chi connectivity index (χ4n) is 2.34. The molecule has 7 nitrogen and oxygen atoms in total. The van der Waals surface area contributed by atoms with E-state index >= 15 is 0 Å². The number of aryl methyl sites for hydroxylation is 1. The van der Waals surface area contributed by atoms with Crippen molar-refractivity contribution in [2.75, 3.05) is 6.54 Å². The summed E-state index contributed by atoms with van der Waals surface area (Å²) in [6.07, 6.45) is 0. The van der Waals surface area contributed by atoms with Gasteiger partial charge in [0.1, 0.15) is 17.2 Å². The second-order valence-electron chi connectivity index (χ2n) is 7.09. The third kappa shape index (κ3) is 5.75. The third-order valence-electron chi connectivity index (χ3n) is 3.74. The van der Waals surface area contributed by atoms with Crippen molar-refractivity contribution in [3.8, 4) is 5.75 Å². The molecule has 1 heterocycles. The molecule has 2 aromatic rings. The molecule has 0 bridgehead atoms. The number of nitrogens with one attached hydrogen (secondary N) is 2. The van der Waals surface area contributed by atoms with Crippen LogP contribution < -0.4 is 15.4 Å². The van der Waals surface area contributed by atoms with Gasteiger partial charge in [0.2, 0.25) is 0 Å². The van der Waals surface area contributed by atoms with Crippen LogP contribution in [0.15, 0.2) is 29.3 Å². The minimum atomic E-state index is -0.244. The van der Waals surface area contributed by atoms with Crippen LogP contribution in [-0.2, 0) is 20.1 Å². The maximum Gasteiger partial charge on any atom is 0.191 e. The van der Waals surface area contributed by atoms with Crippen LogP contribution in [0, 0.1) is 6.92 Å². The molecule has 0 saturated heterocycles. The number of para-hydroxylation sites is 1. The highest BCUT2D eigenvalue weighted by Gasteiger charge is 2.14. The molecule has 0 aliphatic heterocycles. The summed E-state index contributed by atoms with van der Waals surface area (Å²) in [4.78, 5) is 4.68. The average Bonchev–Trinajstić information content (AvgIpc) is 2.89. The summed E-state index contributed by atoms with van der Waals surface area (Å²) in [6, 6.07) is 8.01. The van der Waals surface area contributed by atoms with Gasteiger partial charge in [0, 0.05) is 19.2 Å². The average molecular weight is 358 g/mol. The molecule has 0 aliphatic carbocycles. The molecule has 2 N–H and O–H groups in total. The molecule has 0 fully saturated rings. The molecule has 0 radical (unpaired) electrons. The van der Waals surface area contributed by atoms with Crippen LogP contribution in [0.1, 0.15) is 44.9 Å². The number of rotatable bonds is 6. The zero-order valence-electron chi connectivity index (χ0n) is 16.6. The molecule has 0 saturated carbocycles. The number of hydrogen-bond donors (Lipinski definition) is 2. The van der Waals surface area contributed by atoms with Gasteiger partial charge in [0.25, 0.3) is 0 Å². The van der Waals surface area contributed by atoms with E-state index in [0.29, 0.717) is 13.1 Å². The first-order chi connectivity index (χ1) is 12.3. The van der Waals surface area contributed by atoms with E-state index in [1.165, 1.54) is 0 Å². The molecule has 26 heavy (non-hydrogen) atoms. The van der Waals surface area contributed by atoms with Crippen LogP contribution in [0.25, 0.3) is 0 Å². The Balaban J connectivity index is 2.08. The number of benzene rings is 1. The molecule has 0 aliphatic rings. The zero-order valence-corrected chi connectivity index (χ0v) is 16.6. The highest BCUT2D eigenvalue weighted by atomic mass is 16.5. The van der Waals surface area contributed by atoms with E-state index in [2.05, 4.69) is 25.8 Å². The standard InChI is InChI=1S/C19H30N6O/c1-7-20-18(22-13-17-24-23-14(2)25(17)6)21-12-15-10-8-9-11-16(15)26-19(3,4)5/h8-11H,7,12-13H2,1-6H3,(H2,20,21,22). The van der Waals surface area contributed by atoms with E-state index in [1.54, 1.807) is 0 Å². The lowest BCUT2D eigenvalue weighted by atomic mass is 10.1. The van der Waals surface area contributed by atoms with Crippen molar-refractivity contribution in [1.82, 2.24) is 25.4 Å². The molecule has 0 amide bonds. The van der Waals surface area contributed by atoms with Gasteiger partial charge in [-0.2, -0.15) is 0 Å². The third-order valence-corrected chi connectivity index (χ3v) is 3.74. The largest absolute Gasteiger partial charge is 0.488 e. The van der Waals surface area contributed by atoms with Crippen molar-refractivity contribution in [2.24, 2.45) is 12.0 Å². The Hall–Kier alpha value is -2.57. The van der Waals surface area contributed by atoms with Crippen LogP contribution in [0.4, 0.5) is 0 Å². The summed E-state index contributed by atoms with van der Waals surface area (Å²) >= 11 is 0. The van der Waals surface area contributed by atoms with Crippen molar-refractivity contribution >= 4 is 5.96 Å². The van der Waals surface area contributed by atoms with Gasteiger partial charge in [-0.3, -0.25) is 0 Å². The van der Waals surface area contributed by atoms with Crippen LogP contribution in [-0.4, -0.2) is 32.9 Å². The lowest BCUT2D eigenvalue weighted by molar-refractivity contribution is 0.129. The Morgan fingerprint density at radius 2 is 1.92 bits per heavy atom. The number of nitrogens with zero attached hydrogens (tertiary/aromatic N) is 4. The summed E-state index contributed by atoms with van der Waals surface area (Å²) in [5.41, 5.74) is 0.806. The number of hydrogen-bond acceptors (Lipinski definition) is 4. The molecule has 142 valence electrons. The van der Waals surface area contributed by atoms with Crippen molar-refractivity contribution in [2.45, 2.75) is 53.3 Å². The molecule has 1 aromatic heterocycles. The maximum atomic E-state index is 6.04. The fourth-order valence-corrected chi connectivity index (χ4v) is 2.34. The second kappa shape index (κ2) is 8.69. The van der Waals surface area contributed by atoms with Gasteiger partial charge in [-0.1, -0.05) is 18.2 Å². The van der Waals surface area contributed by atoms with Gasteiger partial charge in [-0.05, 0) is 40.7 Å². The van der Waals surface area contributed by atoms with Gasteiger partial charge in [0.15, 0.2) is 11.8 Å². The summed E-state index contributed by atoms with van der Waals surface area (Å²) in [6.45, 7) is 12.0. The first-order valence-corrected chi connectivity index (χ1v) is 8.94. The smallest absolute Gasteiger partial charge is 0.191 e. The van der Waals surface area contributed by atoms with E-state index in [1.807, 2.05) is 70.5 Å². The van der Waals surface area contributed by atoms with Crippen LogP contribution >= 0.6 is 0 Å². The first-order valence-electron chi connectivity index (χ1n) is 8.94. The predicted octanol–water partition coefficient (Wildman–Crippen LogP) is 2.56. The van der Waals surface area contributed by atoms with E-state index in [4.69, 9.17) is 4.74 Å². The van der Waals surface area contributed by atoms with E-state index in [0.717, 1.165) is 35.5 Å². The van der Waals surface area contributed by atoms with Crippen molar-refractivity contribution in [1.29, 1.82) is 0 Å². The van der Waals surface area contributed by atoms with Crippen LogP contribution in [0.3, 0.4) is 0 Å². The van der Waals surface area contributed by atoms with Gasteiger partial charge < -0.3 is 19.9 Å². The van der Waals surface area contributed by atoms with Crippen molar-refractivity contribution in [3.63, 3.8) is 0 Å². The molecule has 0 unspecified atom stereocenters. The van der Waals surface area contributed by atoms with E-state index < -0.39 is 0 Å². The molecule has 2 rings (SSSR count). The minimum Gasteiger partial charge on any atom is -0.488 e. The molecular weight excluding hydrogens is 328 g/mol. The summed E-state index contributed by atoms with van der Waals surface area (Å²) in [5, 5.41) is 14.8. The second-order valence-corrected chi connectivity index (χ2v) is 7.09. The quantitative estimate of drug-likeness (QED) is 0.613. The topological polar surface area (TPSA) is 76.4 Å². The molecular formula is C19H30N6O. The minimum absolute atomic E-state index is 0.244. The van der Waals surface area contributed by atoms with Crippen LogP contribution in [0.2, 0.25) is 0 Å².